The summed E-state index contributed by atoms with van der Waals surface area (Å²) in [6.45, 7) is 24.7. The van der Waals surface area contributed by atoms with Crippen molar-refractivity contribution in [1.82, 2.24) is 20.3 Å². The first-order valence-corrected chi connectivity index (χ1v) is 45.3. The molecule has 1 unspecified atom stereocenters. The summed E-state index contributed by atoms with van der Waals surface area (Å²) in [5.74, 6) is -0.279. The minimum atomic E-state index is -1.35. The van der Waals surface area contributed by atoms with E-state index < -0.39 is 17.4 Å². The van der Waals surface area contributed by atoms with Gasteiger partial charge < -0.3 is 129 Å². The molecule has 4 atom stereocenters. The van der Waals surface area contributed by atoms with Crippen LogP contribution in [0.2, 0.25) is 0 Å². The lowest BCUT2D eigenvalue weighted by atomic mass is 9.73. The number of fused-ring (bicyclic) bond motifs is 2. The van der Waals surface area contributed by atoms with E-state index in [9.17, 15) is 24.3 Å². The smallest absolute Gasteiger partial charge is 0.406 e. The van der Waals surface area contributed by atoms with Crippen molar-refractivity contribution in [2.45, 2.75) is 180 Å². The molecule has 0 spiro atoms. The molecule has 0 saturated heterocycles. The van der Waals surface area contributed by atoms with Crippen molar-refractivity contribution in [2.75, 3.05) is 318 Å². The van der Waals surface area contributed by atoms with E-state index in [0.717, 1.165) is 95.6 Å². The Morgan fingerprint density at radius 2 is 0.608 bits per heavy atom. The third kappa shape index (κ3) is 65.7. The number of unbranched alkanes of at least 4 members (excludes halogenated alkanes) is 15. The van der Waals surface area contributed by atoms with Gasteiger partial charge in [0, 0.05) is 26.5 Å². The Hall–Kier alpha value is -3.90. The van der Waals surface area contributed by atoms with Crippen molar-refractivity contribution >= 4 is 23.8 Å². The first-order valence-electron chi connectivity index (χ1n) is 45.3. The second-order valence-corrected chi connectivity index (χ2v) is 29.4. The molecular weight excluding hydrogens is 1570 g/mol. The quantitative estimate of drug-likeness (QED) is 0.0404. The zero-order valence-electron chi connectivity index (χ0n) is 73.7. The second kappa shape index (κ2) is 84.6. The summed E-state index contributed by atoms with van der Waals surface area (Å²) in [5.41, 5.74) is 0.935. The van der Waals surface area contributed by atoms with Crippen molar-refractivity contribution < 1.29 is 143 Å². The van der Waals surface area contributed by atoms with Crippen molar-refractivity contribution in [2.24, 2.45) is 23.2 Å². The first-order chi connectivity index (χ1) is 59.2. The predicted octanol–water partition coefficient (Wildman–Crippen LogP) is 9.08. The molecule has 0 aliphatic heterocycles. The van der Waals surface area contributed by atoms with Gasteiger partial charge in [0.15, 0.2) is 0 Å². The number of ketones is 1. The van der Waals surface area contributed by atoms with Gasteiger partial charge in [-0.15, -0.1) is 5.10 Å². The maximum atomic E-state index is 13.7. The van der Waals surface area contributed by atoms with Crippen molar-refractivity contribution in [3.63, 3.8) is 0 Å². The third-order valence-electron chi connectivity index (χ3n) is 20.2. The maximum Gasteiger partial charge on any atom is 0.406 e. The topological polar surface area (TPSA) is 373 Å². The predicted molar refractivity (Wildman–Crippen MR) is 446 cm³/mol. The van der Waals surface area contributed by atoms with Crippen LogP contribution in [0.3, 0.4) is 0 Å². The summed E-state index contributed by atoms with van der Waals surface area (Å²) in [5, 5.41) is 30.7. The number of alkyl carbamates (subject to hydrolysis) is 1. The number of carboxylic acids is 2. The van der Waals surface area contributed by atoms with Gasteiger partial charge in [-0.2, -0.15) is 0 Å². The van der Waals surface area contributed by atoms with Crippen LogP contribution in [0.1, 0.15) is 172 Å². The molecule has 120 heavy (non-hydrogen) atoms. The van der Waals surface area contributed by atoms with Gasteiger partial charge in [0.1, 0.15) is 11.2 Å². The molecule has 1 amide bonds. The lowest BCUT2D eigenvalue weighted by Gasteiger charge is -2.28. The average Bonchev–Trinajstić information content (AvgIpc) is 1.61. The normalized spacial score (nSPS) is 15.1. The summed E-state index contributed by atoms with van der Waals surface area (Å²) in [6, 6.07) is 0. The van der Waals surface area contributed by atoms with E-state index in [1.807, 2.05) is 4.68 Å². The number of aliphatic carboxylic acids is 2. The Kier molecular flexibility index (Phi) is 77.7. The van der Waals surface area contributed by atoms with Gasteiger partial charge in [-0.1, -0.05) is 115 Å². The lowest BCUT2D eigenvalue weighted by Crippen LogP contribution is -2.39. The van der Waals surface area contributed by atoms with Crippen LogP contribution in [0.25, 0.3) is 0 Å². The number of nitrogens with zero attached hydrogens (tertiary/aromatic N) is 3. The van der Waals surface area contributed by atoms with Crippen molar-refractivity contribution in [3.8, 4) is 0 Å². The summed E-state index contributed by atoms with van der Waals surface area (Å²) < 4.78 is 136. The SMILES string of the molecule is CCCCCCCCCCCC(CCCCCCCCCCC(=O)O)(C(=O)O)C(=O)CCCOCCOCCOCCOCCOCCOCCOCCOCCOCCOCCOCCOCCOCCOCCOCCOCCOCCOCCOCCOCCOCCOCCOCCn1nnc2c1CC[C@H]1[C@@H](CC2)[C@H]1COC(=O)NC. The minimum absolute atomic E-state index is 0.181. The van der Waals surface area contributed by atoms with E-state index in [1.54, 1.807) is 7.05 Å². The Balaban J connectivity index is 0.900. The summed E-state index contributed by atoms with van der Waals surface area (Å²) in [4.78, 5) is 48.8. The molecule has 34 heteroatoms. The molecule has 3 rings (SSSR count). The third-order valence-corrected chi connectivity index (χ3v) is 20.2. The van der Waals surface area contributed by atoms with Crippen LogP contribution >= 0.6 is 0 Å². The van der Waals surface area contributed by atoms with Crippen LogP contribution in [0, 0.1) is 23.2 Å². The van der Waals surface area contributed by atoms with Gasteiger partial charge in [0.2, 0.25) is 0 Å². The standard InChI is InChI=1S/C86H160N4O30/c1-3-4-5-6-7-9-12-15-18-27-86(84(94)95,28-19-16-13-10-8-11-14-17-22-83(92)93)82(91)21-20-30-97-32-34-99-36-38-101-40-42-103-44-46-105-48-50-107-52-54-109-56-58-111-60-62-113-64-66-115-68-70-117-72-74-119-75-73-118-71-69-116-67-65-114-63-61-112-59-57-110-55-53-108-51-49-106-47-45-104-43-41-102-39-37-100-35-33-98-31-29-90-81-26-24-78-77(23-25-80(81)88-89-90)79(78)76-120-85(96)87-2/h77-79H,3-76H2,1-2H3,(H,87,96)(H,92,93)(H,94,95)/t77-,78+,79-,86?/m1/s1. The zero-order valence-corrected chi connectivity index (χ0v) is 73.7. The molecule has 1 aromatic rings. The van der Waals surface area contributed by atoms with Gasteiger partial charge in [-0.3, -0.25) is 14.4 Å². The number of aromatic nitrogens is 3. The Morgan fingerprint density at radius 1 is 0.342 bits per heavy atom. The Bertz CT molecular complexity index is 2430. The van der Waals surface area contributed by atoms with Crippen LogP contribution in [0.4, 0.5) is 4.79 Å². The number of amides is 1. The Morgan fingerprint density at radius 3 is 0.892 bits per heavy atom. The highest BCUT2D eigenvalue weighted by Crippen LogP contribution is 2.53. The monoisotopic (exact) mass is 1730 g/mol. The number of nitrogens with one attached hydrogen (secondary N) is 1. The summed E-state index contributed by atoms with van der Waals surface area (Å²) in [7, 11) is 1.58. The minimum Gasteiger partial charge on any atom is -0.481 e. The number of rotatable bonds is 98. The number of carboxylic acid groups (broad SMARTS) is 2. The van der Waals surface area contributed by atoms with Gasteiger partial charge in [0.25, 0.3) is 0 Å². The van der Waals surface area contributed by atoms with Gasteiger partial charge in [0.05, 0.1) is 322 Å². The van der Waals surface area contributed by atoms with Crippen LogP contribution in [-0.4, -0.2) is 367 Å². The molecule has 3 N–H and O–H groups in total. The largest absolute Gasteiger partial charge is 0.481 e. The van der Waals surface area contributed by atoms with E-state index in [4.69, 9.17) is 119 Å². The maximum absolute atomic E-state index is 13.7. The number of carbonyl (C=O) groups is 4. The van der Waals surface area contributed by atoms with E-state index in [2.05, 4.69) is 22.6 Å². The molecule has 704 valence electrons. The number of Topliss-reactive ketones (excluding diaryl/α,β-unsaturated/α-hetero) is 1. The molecule has 2 aliphatic carbocycles. The lowest BCUT2D eigenvalue weighted by molar-refractivity contribution is -0.156. The van der Waals surface area contributed by atoms with Crippen molar-refractivity contribution in [3.05, 3.63) is 11.4 Å². The fourth-order valence-electron chi connectivity index (χ4n) is 13.4. The highest BCUT2D eigenvalue weighted by molar-refractivity contribution is 6.03. The molecule has 1 aromatic heterocycles. The Labute approximate surface area is 716 Å². The van der Waals surface area contributed by atoms with Gasteiger partial charge in [-0.25, -0.2) is 9.48 Å². The average molecular weight is 1730 g/mol. The van der Waals surface area contributed by atoms with Crippen LogP contribution in [0.15, 0.2) is 0 Å². The number of hydrogen-bond acceptors (Lipinski definition) is 30. The second-order valence-electron chi connectivity index (χ2n) is 29.4. The highest BCUT2D eigenvalue weighted by Gasteiger charge is 2.50. The van der Waals surface area contributed by atoms with Gasteiger partial charge in [-0.05, 0) is 69.1 Å². The molecule has 0 bridgehead atoms. The van der Waals surface area contributed by atoms with E-state index in [0.29, 0.717) is 367 Å². The van der Waals surface area contributed by atoms with Gasteiger partial charge >= 0.3 is 18.0 Å². The van der Waals surface area contributed by atoms with Crippen molar-refractivity contribution in [1.29, 1.82) is 0 Å². The number of ether oxygens (including phenoxy) is 24. The van der Waals surface area contributed by atoms with E-state index in [1.165, 1.54) is 37.8 Å². The summed E-state index contributed by atoms with van der Waals surface area (Å²) >= 11 is 0. The fraction of sp³-hybridized carbons (Fsp3) is 0.930. The highest BCUT2D eigenvalue weighted by atomic mass is 16.6. The number of aryl methyl sites for hydroxylation is 1. The summed E-state index contributed by atoms with van der Waals surface area (Å²) in [6.07, 6.45) is 22.6. The number of carbonyl (C=O) groups excluding carboxylic acids is 2. The molecule has 2 aliphatic rings. The van der Waals surface area contributed by atoms with E-state index in [-0.39, 0.29) is 24.7 Å². The molecule has 1 saturated carbocycles. The molecular formula is C86H160N4O30. The molecule has 0 radical (unpaired) electrons. The van der Waals surface area contributed by atoms with Crippen LogP contribution in [0.5, 0.6) is 0 Å². The molecule has 1 heterocycles. The van der Waals surface area contributed by atoms with Crippen LogP contribution < -0.4 is 5.32 Å². The molecule has 1 fully saturated rings. The van der Waals surface area contributed by atoms with E-state index >= 15 is 0 Å². The fourth-order valence-corrected chi connectivity index (χ4v) is 13.4. The molecule has 0 aromatic carbocycles. The first kappa shape index (κ1) is 110. The molecule has 34 nitrogen and oxygen atoms in total. The van der Waals surface area contributed by atoms with Crippen LogP contribution in [-0.2, 0) is 147 Å². The zero-order chi connectivity index (χ0) is 85.7. The number of hydrogen-bond donors (Lipinski definition) is 3.